The fourth-order valence-electron chi connectivity index (χ4n) is 2.67. The molecule has 0 saturated carbocycles. The number of allylic oxidation sites excluding steroid dienone is 2. The van der Waals surface area contributed by atoms with E-state index in [1.807, 2.05) is 20.8 Å². The van der Waals surface area contributed by atoms with Crippen LogP contribution in [0.15, 0.2) is 41.9 Å². The first-order valence-electron chi connectivity index (χ1n) is 7.89. The lowest BCUT2D eigenvalue weighted by atomic mass is 10.0. The lowest BCUT2D eigenvalue weighted by Crippen LogP contribution is -2.28. The minimum Gasteiger partial charge on any atom is -0.369 e. The lowest BCUT2D eigenvalue weighted by Gasteiger charge is -2.24. The number of benzene rings is 1. The molecule has 0 bridgehead atoms. The molecule has 0 radical (unpaired) electrons. The summed E-state index contributed by atoms with van der Waals surface area (Å²) in [5.74, 6) is 0. The first kappa shape index (κ1) is 17.2. The SMILES string of the molecule is C=CC=N/C(=C\C)c1cccc2c1CCN2C(C)C.CC. The largest absolute Gasteiger partial charge is 0.369 e. The number of rotatable bonds is 4. The second-order valence-corrected chi connectivity index (χ2v) is 5.03. The minimum absolute atomic E-state index is 0.544. The second-order valence-electron chi connectivity index (χ2n) is 5.03. The molecular weight excluding hydrogens is 256 g/mol. The molecular formula is C19H28N2. The minimum atomic E-state index is 0.544. The van der Waals surface area contributed by atoms with Crippen LogP contribution in [0.5, 0.6) is 0 Å². The van der Waals surface area contributed by atoms with Gasteiger partial charge in [0.05, 0.1) is 5.70 Å². The van der Waals surface area contributed by atoms with E-state index in [9.17, 15) is 0 Å². The third-order valence-electron chi connectivity index (χ3n) is 3.56. The predicted octanol–water partition coefficient (Wildman–Crippen LogP) is 5.10. The maximum absolute atomic E-state index is 4.48. The van der Waals surface area contributed by atoms with Gasteiger partial charge in [-0.25, -0.2) is 0 Å². The summed E-state index contributed by atoms with van der Waals surface area (Å²) >= 11 is 0. The first-order valence-corrected chi connectivity index (χ1v) is 7.89. The zero-order valence-electron chi connectivity index (χ0n) is 14.1. The van der Waals surface area contributed by atoms with Crippen molar-refractivity contribution in [2.24, 2.45) is 4.99 Å². The molecule has 21 heavy (non-hydrogen) atoms. The molecule has 0 N–H and O–H groups in total. The Morgan fingerprint density at radius 2 is 2.05 bits per heavy atom. The number of hydrogen-bond acceptors (Lipinski definition) is 2. The number of nitrogens with zero attached hydrogens (tertiary/aromatic N) is 2. The highest BCUT2D eigenvalue weighted by atomic mass is 15.2. The predicted molar refractivity (Wildman–Crippen MR) is 96.3 cm³/mol. The molecule has 0 saturated heterocycles. The molecule has 1 aromatic carbocycles. The molecule has 1 heterocycles. The van der Waals surface area contributed by atoms with E-state index in [-0.39, 0.29) is 0 Å². The van der Waals surface area contributed by atoms with Crippen LogP contribution in [-0.4, -0.2) is 18.8 Å². The van der Waals surface area contributed by atoms with Gasteiger partial charge < -0.3 is 4.90 Å². The molecule has 1 aliphatic rings. The van der Waals surface area contributed by atoms with Crippen LogP contribution in [0.2, 0.25) is 0 Å². The molecule has 1 aliphatic heterocycles. The smallest absolute Gasteiger partial charge is 0.0662 e. The summed E-state index contributed by atoms with van der Waals surface area (Å²) in [6.07, 6.45) is 6.63. The highest BCUT2D eigenvalue weighted by molar-refractivity contribution is 5.82. The van der Waals surface area contributed by atoms with Gasteiger partial charge in [-0.15, -0.1) is 0 Å². The van der Waals surface area contributed by atoms with Gasteiger partial charge in [-0.3, -0.25) is 4.99 Å². The van der Waals surface area contributed by atoms with Gasteiger partial charge in [0.25, 0.3) is 0 Å². The fraction of sp³-hybridized carbons (Fsp3) is 0.421. The van der Waals surface area contributed by atoms with Gasteiger partial charge in [0.15, 0.2) is 0 Å². The Bertz CT molecular complexity index is 524. The van der Waals surface area contributed by atoms with E-state index < -0.39 is 0 Å². The normalized spacial score (nSPS) is 14.2. The van der Waals surface area contributed by atoms with E-state index in [4.69, 9.17) is 0 Å². The van der Waals surface area contributed by atoms with Crippen LogP contribution in [0.25, 0.3) is 5.70 Å². The molecule has 1 aromatic rings. The lowest BCUT2D eigenvalue weighted by molar-refractivity contribution is 0.710. The summed E-state index contributed by atoms with van der Waals surface area (Å²) in [6, 6.07) is 7.05. The quantitative estimate of drug-likeness (QED) is 0.702. The number of fused-ring (bicyclic) bond motifs is 1. The van der Waals surface area contributed by atoms with Crippen LogP contribution in [0.4, 0.5) is 5.69 Å². The topological polar surface area (TPSA) is 15.6 Å². The maximum Gasteiger partial charge on any atom is 0.0662 e. The summed E-state index contributed by atoms with van der Waals surface area (Å²) < 4.78 is 0. The monoisotopic (exact) mass is 284 g/mol. The van der Waals surface area contributed by atoms with Gasteiger partial charge in [-0.2, -0.15) is 0 Å². The van der Waals surface area contributed by atoms with Gasteiger partial charge in [0.2, 0.25) is 0 Å². The Labute approximate surface area is 129 Å². The van der Waals surface area contributed by atoms with Gasteiger partial charge in [0, 0.05) is 30.1 Å². The summed E-state index contributed by atoms with van der Waals surface area (Å²) in [7, 11) is 0. The first-order chi connectivity index (χ1) is 10.2. The molecule has 114 valence electrons. The van der Waals surface area contributed by atoms with Crippen molar-refractivity contribution in [3.05, 3.63) is 48.1 Å². The Kier molecular flexibility index (Phi) is 6.93. The van der Waals surface area contributed by atoms with Crippen molar-refractivity contribution in [2.75, 3.05) is 11.4 Å². The standard InChI is InChI=1S/C17H22N2.C2H6/c1-5-11-18-16(6-2)14-8-7-9-17-15(14)10-12-19(17)13(3)4;1-2/h5-9,11,13H,1,10,12H2,2-4H3;1-2H3/b16-6-,18-11?;. The van der Waals surface area contributed by atoms with Crippen molar-refractivity contribution < 1.29 is 0 Å². The average molecular weight is 284 g/mol. The van der Waals surface area contributed by atoms with Crippen molar-refractivity contribution in [3.63, 3.8) is 0 Å². The Balaban J connectivity index is 0.00000106. The van der Waals surface area contributed by atoms with Crippen LogP contribution < -0.4 is 4.90 Å². The van der Waals surface area contributed by atoms with Crippen molar-refractivity contribution >= 4 is 17.6 Å². The average Bonchev–Trinajstić information content (AvgIpc) is 2.95. The highest BCUT2D eigenvalue weighted by Gasteiger charge is 2.23. The van der Waals surface area contributed by atoms with Crippen molar-refractivity contribution in [1.29, 1.82) is 0 Å². The highest BCUT2D eigenvalue weighted by Crippen LogP contribution is 2.35. The Hall–Kier alpha value is -1.83. The van der Waals surface area contributed by atoms with E-state index in [2.05, 4.69) is 54.6 Å². The summed E-state index contributed by atoms with van der Waals surface area (Å²) in [4.78, 5) is 6.94. The third-order valence-corrected chi connectivity index (χ3v) is 3.56. The molecule has 0 aliphatic carbocycles. The molecule has 0 fully saturated rings. The zero-order valence-corrected chi connectivity index (χ0v) is 14.1. The zero-order chi connectivity index (χ0) is 15.8. The van der Waals surface area contributed by atoms with Crippen LogP contribution in [0.3, 0.4) is 0 Å². The molecule has 0 unspecified atom stereocenters. The maximum atomic E-state index is 4.48. The van der Waals surface area contributed by atoms with Gasteiger partial charge in [0.1, 0.15) is 0 Å². The number of hydrogen-bond donors (Lipinski definition) is 0. The third kappa shape index (κ3) is 3.84. The van der Waals surface area contributed by atoms with Crippen molar-refractivity contribution in [3.8, 4) is 0 Å². The van der Waals surface area contributed by atoms with Crippen LogP contribution in [0, 0.1) is 0 Å². The Morgan fingerprint density at radius 3 is 2.62 bits per heavy atom. The van der Waals surface area contributed by atoms with E-state index in [1.165, 1.54) is 16.8 Å². The molecule has 2 heteroatoms. The second kappa shape index (κ2) is 8.46. The Morgan fingerprint density at radius 1 is 1.33 bits per heavy atom. The summed E-state index contributed by atoms with van der Waals surface area (Å²) in [5.41, 5.74) is 5.06. The van der Waals surface area contributed by atoms with E-state index >= 15 is 0 Å². The van der Waals surface area contributed by atoms with Crippen molar-refractivity contribution in [1.82, 2.24) is 0 Å². The molecule has 0 aromatic heterocycles. The molecule has 2 nitrogen and oxygen atoms in total. The summed E-state index contributed by atoms with van der Waals surface area (Å²) in [5, 5.41) is 0. The fourth-order valence-corrected chi connectivity index (χ4v) is 2.67. The number of aliphatic imine (C=N–C) groups is 1. The van der Waals surface area contributed by atoms with E-state index in [1.54, 1.807) is 12.3 Å². The van der Waals surface area contributed by atoms with Crippen LogP contribution in [0.1, 0.15) is 45.7 Å². The molecule has 2 rings (SSSR count). The van der Waals surface area contributed by atoms with Gasteiger partial charge in [-0.1, -0.05) is 44.7 Å². The molecule has 0 amide bonds. The van der Waals surface area contributed by atoms with Crippen LogP contribution >= 0.6 is 0 Å². The van der Waals surface area contributed by atoms with Crippen molar-refractivity contribution in [2.45, 2.75) is 47.1 Å². The molecule has 0 atom stereocenters. The summed E-state index contributed by atoms with van der Waals surface area (Å²) in [6.45, 7) is 15.3. The van der Waals surface area contributed by atoms with Gasteiger partial charge >= 0.3 is 0 Å². The van der Waals surface area contributed by atoms with E-state index in [0.717, 1.165) is 18.7 Å². The van der Waals surface area contributed by atoms with Gasteiger partial charge in [-0.05, 0) is 38.8 Å². The van der Waals surface area contributed by atoms with E-state index in [0.29, 0.717) is 6.04 Å². The number of anilines is 1. The van der Waals surface area contributed by atoms with Crippen LogP contribution in [-0.2, 0) is 6.42 Å². The molecule has 0 spiro atoms.